The van der Waals surface area contributed by atoms with Crippen LogP contribution in [0.1, 0.15) is 19.4 Å². The molecule has 1 fully saturated rings. The van der Waals surface area contributed by atoms with Crippen LogP contribution in [0.4, 0.5) is 4.39 Å². The van der Waals surface area contributed by atoms with Crippen LogP contribution in [0.2, 0.25) is 0 Å². The Hall–Kier alpha value is -0.420. The SMILES string of the molecule is CN=C(NCc1cc(F)cc(Br)c1)N1CCS(=O)(=O)C(C)(C)C1.I. The Labute approximate surface area is 168 Å². The Kier molecular flexibility index (Phi) is 7.48. The molecule has 1 aromatic rings. The molecule has 1 aromatic carbocycles. The van der Waals surface area contributed by atoms with Crippen molar-refractivity contribution in [3.8, 4) is 0 Å². The van der Waals surface area contributed by atoms with Crippen LogP contribution in [0.25, 0.3) is 0 Å². The van der Waals surface area contributed by atoms with Gasteiger partial charge in [0.1, 0.15) is 5.82 Å². The van der Waals surface area contributed by atoms with Crippen molar-refractivity contribution in [2.24, 2.45) is 4.99 Å². The average Bonchev–Trinajstić information content (AvgIpc) is 2.42. The zero-order valence-electron chi connectivity index (χ0n) is 13.8. The van der Waals surface area contributed by atoms with Crippen molar-refractivity contribution in [1.29, 1.82) is 0 Å². The third kappa shape index (κ3) is 5.04. The number of hydrogen-bond donors (Lipinski definition) is 1. The normalized spacial score (nSPS) is 19.5. The van der Waals surface area contributed by atoms with Gasteiger partial charge >= 0.3 is 0 Å². The molecule has 24 heavy (non-hydrogen) atoms. The van der Waals surface area contributed by atoms with E-state index in [1.165, 1.54) is 12.1 Å². The largest absolute Gasteiger partial charge is 0.352 e. The lowest BCUT2D eigenvalue weighted by Crippen LogP contribution is -2.57. The second-order valence-electron chi connectivity index (χ2n) is 6.18. The van der Waals surface area contributed by atoms with Crippen LogP contribution in [0.5, 0.6) is 0 Å². The molecule has 0 saturated carbocycles. The van der Waals surface area contributed by atoms with Crippen molar-refractivity contribution in [2.45, 2.75) is 25.1 Å². The number of rotatable bonds is 2. The topological polar surface area (TPSA) is 61.8 Å². The lowest BCUT2D eigenvalue weighted by Gasteiger charge is -2.39. The molecule has 0 radical (unpaired) electrons. The van der Waals surface area contributed by atoms with E-state index >= 15 is 0 Å². The predicted octanol–water partition coefficient (Wildman–Crippen LogP) is 2.79. The van der Waals surface area contributed by atoms with Gasteiger partial charge < -0.3 is 10.2 Å². The number of nitrogens with one attached hydrogen (secondary N) is 1. The number of halogens is 3. The molecule has 9 heteroatoms. The summed E-state index contributed by atoms with van der Waals surface area (Å²) < 4.78 is 37.4. The molecule has 0 bridgehead atoms. The van der Waals surface area contributed by atoms with Gasteiger partial charge in [0.25, 0.3) is 0 Å². The summed E-state index contributed by atoms with van der Waals surface area (Å²) in [7, 11) is -1.44. The maximum absolute atomic E-state index is 13.4. The van der Waals surface area contributed by atoms with E-state index in [-0.39, 0.29) is 35.5 Å². The fourth-order valence-corrected chi connectivity index (χ4v) is 4.43. The van der Waals surface area contributed by atoms with Crippen LogP contribution < -0.4 is 5.32 Å². The van der Waals surface area contributed by atoms with E-state index in [1.807, 2.05) is 11.0 Å². The summed E-state index contributed by atoms with van der Waals surface area (Å²) in [4.78, 5) is 6.14. The summed E-state index contributed by atoms with van der Waals surface area (Å²) in [6, 6.07) is 4.68. The Morgan fingerprint density at radius 2 is 2.08 bits per heavy atom. The molecule has 5 nitrogen and oxygen atoms in total. The van der Waals surface area contributed by atoms with Crippen LogP contribution >= 0.6 is 39.9 Å². The van der Waals surface area contributed by atoms with E-state index in [0.717, 1.165) is 5.56 Å². The van der Waals surface area contributed by atoms with Crippen molar-refractivity contribution >= 4 is 55.7 Å². The molecular weight excluding hydrogens is 512 g/mol. The standard InChI is InChI=1S/C15H21BrFN3O2S.HI/c1-15(2)10-20(4-5-23(15,21)22)14(18-3)19-9-11-6-12(16)8-13(17)7-11;/h6-8H,4-5,9-10H2,1-3H3,(H,18,19);1H. The Bertz CT molecular complexity index is 705. The summed E-state index contributed by atoms with van der Waals surface area (Å²) >= 11 is 3.27. The molecule has 136 valence electrons. The van der Waals surface area contributed by atoms with Gasteiger partial charge in [0.05, 0.1) is 10.5 Å². The molecule has 1 aliphatic rings. The van der Waals surface area contributed by atoms with E-state index in [9.17, 15) is 12.8 Å². The summed E-state index contributed by atoms with van der Waals surface area (Å²) in [6.07, 6.45) is 0. The van der Waals surface area contributed by atoms with E-state index in [2.05, 4.69) is 26.2 Å². The highest BCUT2D eigenvalue weighted by Crippen LogP contribution is 2.23. The lowest BCUT2D eigenvalue weighted by atomic mass is 10.2. The van der Waals surface area contributed by atoms with Crippen LogP contribution in [-0.4, -0.2) is 49.9 Å². The van der Waals surface area contributed by atoms with E-state index in [0.29, 0.717) is 30.1 Å². The van der Waals surface area contributed by atoms with Gasteiger partial charge in [-0.3, -0.25) is 4.99 Å². The molecule has 0 unspecified atom stereocenters. The molecule has 1 aliphatic heterocycles. The first-order valence-electron chi connectivity index (χ1n) is 7.27. The number of sulfone groups is 1. The van der Waals surface area contributed by atoms with Gasteiger partial charge in [-0.15, -0.1) is 24.0 Å². The number of hydrogen-bond acceptors (Lipinski definition) is 3. The van der Waals surface area contributed by atoms with Crippen molar-refractivity contribution in [3.05, 3.63) is 34.1 Å². The fourth-order valence-electron chi connectivity index (χ4n) is 2.55. The maximum atomic E-state index is 13.4. The molecule has 1 N–H and O–H groups in total. The minimum Gasteiger partial charge on any atom is -0.352 e. The van der Waals surface area contributed by atoms with E-state index in [1.54, 1.807) is 20.9 Å². The number of benzene rings is 1. The van der Waals surface area contributed by atoms with Crippen molar-refractivity contribution in [3.63, 3.8) is 0 Å². The highest BCUT2D eigenvalue weighted by molar-refractivity contribution is 14.0. The molecule has 0 spiro atoms. The monoisotopic (exact) mass is 533 g/mol. The molecule has 0 atom stereocenters. The Balaban J connectivity index is 0.00000288. The highest BCUT2D eigenvalue weighted by Gasteiger charge is 2.40. The average molecular weight is 534 g/mol. The minimum atomic E-state index is -3.09. The quantitative estimate of drug-likeness (QED) is 0.361. The van der Waals surface area contributed by atoms with Gasteiger partial charge in [-0.2, -0.15) is 0 Å². The van der Waals surface area contributed by atoms with Gasteiger partial charge in [0, 0.05) is 31.2 Å². The third-order valence-corrected chi connectivity index (χ3v) is 6.92. The number of guanidine groups is 1. The predicted molar refractivity (Wildman–Crippen MR) is 109 cm³/mol. The Morgan fingerprint density at radius 1 is 1.42 bits per heavy atom. The second-order valence-corrected chi connectivity index (χ2v) is 9.84. The second kappa shape index (κ2) is 8.31. The van der Waals surface area contributed by atoms with Gasteiger partial charge in [0.15, 0.2) is 15.8 Å². The van der Waals surface area contributed by atoms with E-state index in [4.69, 9.17) is 0 Å². The van der Waals surface area contributed by atoms with Gasteiger partial charge in [0.2, 0.25) is 0 Å². The summed E-state index contributed by atoms with van der Waals surface area (Å²) in [5.41, 5.74) is 0.780. The summed E-state index contributed by atoms with van der Waals surface area (Å²) in [5.74, 6) is 0.413. The molecule has 0 aromatic heterocycles. The fraction of sp³-hybridized carbons (Fsp3) is 0.533. The number of nitrogens with zero attached hydrogens (tertiary/aromatic N) is 2. The van der Waals surface area contributed by atoms with Crippen molar-refractivity contribution in [1.82, 2.24) is 10.2 Å². The Morgan fingerprint density at radius 3 is 2.62 bits per heavy atom. The highest BCUT2D eigenvalue weighted by atomic mass is 127. The first kappa shape index (κ1) is 21.6. The lowest BCUT2D eigenvalue weighted by molar-refractivity contribution is 0.353. The van der Waals surface area contributed by atoms with Crippen molar-refractivity contribution in [2.75, 3.05) is 25.9 Å². The first-order chi connectivity index (χ1) is 10.6. The molecule has 1 heterocycles. The van der Waals surface area contributed by atoms with Crippen LogP contribution in [0, 0.1) is 5.82 Å². The molecule has 0 amide bonds. The zero-order chi connectivity index (χ0) is 17.3. The third-order valence-electron chi connectivity index (χ3n) is 3.93. The van der Waals surface area contributed by atoms with Gasteiger partial charge in [-0.25, -0.2) is 12.8 Å². The minimum absolute atomic E-state index is 0. The van der Waals surface area contributed by atoms with Gasteiger partial charge in [-0.1, -0.05) is 15.9 Å². The molecule has 1 saturated heterocycles. The summed E-state index contributed by atoms with van der Waals surface area (Å²) in [5, 5.41) is 3.17. The van der Waals surface area contributed by atoms with E-state index < -0.39 is 14.6 Å². The summed E-state index contributed by atoms with van der Waals surface area (Å²) in [6.45, 7) is 4.64. The first-order valence-corrected chi connectivity index (χ1v) is 9.72. The molecule has 2 rings (SSSR count). The number of aliphatic imine (C=N–C) groups is 1. The van der Waals surface area contributed by atoms with Crippen LogP contribution in [0.15, 0.2) is 27.7 Å². The zero-order valence-corrected chi connectivity index (χ0v) is 18.6. The van der Waals surface area contributed by atoms with Crippen molar-refractivity contribution < 1.29 is 12.8 Å². The molecular formula is C15H22BrFIN3O2S. The van der Waals surface area contributed by atoms with Gasteiger partial charge in [-0.05, 0) is 37.6 Å². The molecule has 0 aliphatic carbocycles. The van der Waals surface area contributed by atoms with Crippen LogP contribution in [0.3, 0.4) is 0 Å². The maximum Gasteiger partial charge on any atom is 0.193 e. The van der Waals surface area contributed by atoms with Crippen LogP contribution in [-0.2, 0) is 16.4 Å². The smallest absolute Gasteiger partial charge is 0.193 e.